The van der Waals surface area contributed by atoms with Crippen molar-refractivity contribution >= 4 is 51.2 Å². The quantitative estimate of drug-likeness (QED) is 0.272. The maximum absolute atomic E-state index is 12.8. The van der Waals surface area contributed by atoms with E-state index < -0.39 is 20.9 Å². The van der Waals surface area contributed by atoms with Crippen molar-refractivity contribution in [2.24, 2.45) is 0 Å². The minimum absolute atomic E-state index is 0.165. The molecule has 34 heavy (non-hydrogen) atoms. The van der Waals surface area contributed by atoms with Crippen molar-refractivity contribution in [2.45, 2.75) is 12.8 Å². The van der Waals surface area contributed by atoms with Crippen LogP contribution in [0, 0.1) is 0 Å². The van der Waals surface area contributed by atoms with Gasteiger partial charge in [0.05, 0.1) is 0 Å². The first kappa shape index (κ1) is 19.9. The topological polar surface area (TPSA) is 50.3 Å². The van der Waals surface area contributed by atoms with Gasteiger partial charge in [0.25, 0.3) is 0 Å². The molecule has 0 bridgehead atoms. The molecule has 162 valence electrons. The zero-order chi connectivity index (χ0) is 22.8. The smallest absolute Gasteiger partial charge is 0.0615 e. The summed E-state index contributed by atoms with van der Waals surface area (Å²) in [5.41, 5.74) is 7.32. The number of allylic oxidation sites excluding steroid dienone is 7. The standard InChI is InChI=1S/C29H18N2O2Te/c32-27-21-6-1-2-7-22(21)28(33)23(27)14-17-12-18-15-20(16-19(18)13-17)31-24-8-3-4-9-25(24)34-26-10-5-11-30-29(26)31/h1-12,14,16H,13,15H2. The summed E-state index contributed by atoms with van der Waals surface area (Å²) in [5.74, 6) is 0.727. The molecule has 4 aliphatic rings. The van der Waals surface area contributed by atoms with Crippen molar-refractivity contribution in [3.05, 3.63) is 124 Å². The number of anilines is 2. The average molecular weight is 554 g/mol. The second-order valence-electron chi connectivity index (χ2n) is 8.75. The Balaban J connectivity index is 1.18. The van der Waals surface area contributed by atoms with Gasteiger partial charge >= 0.3 is 183 Å². The zero-order valence-corrected chi connectivity index (χ0v) is 20.4. The van der Waals surface area contributed by atoms with Crippen molar-refractivity contribution < 1.29 is 9.59 Å². The summed E-state index contributed by atoms with van der Waals surface area (Å²) in [4.78, 5) is 32.6. The van der Waals surface area contributed by atoms with Gasteiger partial charge in [0.15, 0.2) is 0 Å². The molecule has 0 amide bonds. The van der Waals surface area contributed by atoms with Gasteiger partial charge in [0.1, 0.15) is 0 Å². The van der Waals surface area contributed by atoms with Crippen LogP contribution in [0.1, 0.15) is 33.6 Å². The van der Waals surface area contributed by atoms with Crippen molar-refractivity contribution in [3.8, 4) is 0 Å². The van der Waals surface area contributed by atoms with Crippen LogP contribution in [-0.2, 0) is 0 Å². The number of hydrogen-bond donors (Lipinski definition) is 0. The zero-order valence-electron chi connectivity index (χ0n) is 18.1. The number of ketones is 2. The van der Waals surface area contributed by atoms with Crippen LogP contribution in [-0.4, -0.2) is 37.5 Å². The van der Waals surface area contributed by atoms with Gasteiger partial charge < -0.3 is 0 Å². The van der Waals surface area contributed by atoms with Gasteiger partial charge in [-0.1, -0.05) is 24.3 Å². The first-order valence-electron chi connectivity index (χ1n) is 11.2. The fourth-order valence-electron chi connectivity index (χ4n) is 5.16. The molecule has 0 fully saturated rings. The summed E-state index contributed by atoms with van der Waals surface area (Å²) in [5, 5.41) is 0. The Morgan fingerprint density at radius 3 is 2.29 bits per heavy atom. The van der Waals surface area contributed by atoms with Gasteiger partial charge in [-0.25, -0.2) is 0 Å². The first-order valence-corrected chi connectivity index (χ1v) is 13.6. The number of fused-ring (bicyclic) bond motifs is 3. The summed E-state index contributed by atoms with van der Waals surface area (Å²) in [6.45, 7) is 0. The third-order valence-corrected chi connectivity index (χ3v) is 9.84. The number of carbonyl (C=O) groups is 2. The average Bonchev–Trinajstić information content (AvgIpc) is 3.50. The number of Topliss-reactive ketones (excluding diaryl/α,β-unsaturated/α-hetero) is 2. The Bertz CT molecular complexity index is 1490. The van der Waals surface area contributed by atoms with E-state index in [0.717, 1.165) is 24.2 Å². The van der Waals surface area contributed by atoms with E-state index in [9.17, 15) is 9.59 Å². The fourth-order valence-corrected chi connectivity index (χ4v) is 8.10. The number of para-hydroxylation sites is 1. The molecule has 0 radical (unpaired) electrons. The van der Waals surface area contributed by atoms with E-state index in [4.69, 9.17) is 4.98 Å². The van der Waals surface area contributed by atoms with Crippen LogP contribution in [0.4, 0.5) is 11.5 Å². The Hall–Kier alpha value is -3.52. The van der Waals surface area contributed by atoms with E-state index in [-0.39, 0.29) is 17.1 Å². The van der Waals surface area contributed by atoms with Gasteiger partial charge in [0.2, 0.25) is 0 Å². The van der Waals surface area contributed by atoms with E-state index in [2.05, 4.69) is 47.4 Å². The normalized spacial score (nSPS) is 17.9. The monoisotopic (exact) mass is 556 g/mol. The molecular formula is C29H18N2O2Te. The number of hydrogen-bond acceptors (Lipinski definition) is 4. The van der Waals surface area contributed by atoms with Crippen molar-refractivity contribution in [1.82, 2.24) is 4.98 Å². The number of pyridine rings is 1. The molecule has 3 aromatic rings. The molecular weight excluding hydrogens is 536 g/mol. The van der Waals surface area contributed by atoms with Crippen molar-refractivity contribution in [2.75, 3.05) is 4.90 Å². The third kappa shape index (κ3) is 2.94. The molecule has 0 spiro atoms. The molecule has 7 rings (SSSR count). The SMILES string of the molecule is O=C1C(=CC2=CC3=C(C=C(N4c5ccccc5[Te]c5cccnc54)C3)C2)C(=O)c2ccccc21. The van der Waals surface area contributed by atoms with E-state index in [1.165, 1.54) is 29.8 Å². The predicted molar refractivity (Wildman–Crippen MR) is 133 cm³/mol. The van der Waals surface area contributed by atoms with Gasteiger partial charge in [-0.05, 0) is 0 Å². The van der Waals surface area contributed by atoms with Gasteiger partial charge in [0, 0.05) is 0 Å². The Morgan fingerprint density at radius 2 is 1.50 bits per heavy atom. The summed E-state index contributed by atoms with van der Waals surface area (Å²) in [6, 6.07) is 20.0. The summed E-state index contributed by atoms with van der Waals surface area (Å²) in [6.07, 6.45) is 9.65. The van der Waals surface area contributed by atoms with E-state index >= 15 is 0 Å². The molecule has 0 saturated heterocycles. The minimum atomic E-state index is -0.461. The van der Waals surface area contributed by atoms with Crippen LogP contribution in [0.15, 0.2) is 113 Å². The minimum Gasteiger partial charge on any atom is -0.0615 e. The fraction of sp³-hybridized carbons (Fsp3) is 0.0690. The second-order valence-corrected chi connectivity index (χ2v) is 11.8. The number of carbonyl (C=O) groups excluding carboxylic acids is 2. The van der Waals surface area contributed by atoms with E-state index in [0.29, 0.717) is 11.1 Å². The van der Waals surface area contributed by atoms with Crippen LogP contribution < -0.4 is 12.1 Å². The van der Waals surface area contributed by atoms with Crippen molar-refractivity contribution in [3.63, 3.8) is 0 Å². The molecule has 4 nitrogen and oxygen atoms in total. The number of aromatic nitrogens is 1. The van der Waals surface area contributed by atoms with Crippen LogP contribution in [0.3, 0.4) is 0 Å². The van der Waals surface area contributed by atoms with Crippen molar-refractivity contribution in [1.29, 1.82) is 0 Å². The van der Waals surface area contributed by atoms with Crippen LogP contribution >= 0.6 is 0 Å². The molecule has 2 aromatic carbocycles. The molecule has 3 aliphatic carbocycles. The number of benzene rings is 2. The Morgan fingerprint density at radius 1 is 0.794 bits per heavy atom. The molecule has 0 unspecified atom stereocenters. The number of rotatable bonds is 2. The molecule has 1 aliphatic heterocycles. The Labute approximate surface area is 207 Å². The molecule has 1 aromatic heterocycles. The van der Waals surface area contributed by atoms with Gasteiger partial charge in [-0.3, -0.25) is 0 Å². The van der Waals surface area contributed by atoms with Crippen LogP contribution in [0.2, 0.25) is 0 Å². The molecule has 0 atom stereocenters. The summed E-state index contributed by atoms with van der Waals surface area (Å²) < 4.78 is 2.79. The first-order chi connectivity index (χ1) is 16.7. The molecule has 0 N–H and O–H groups in total. The Kier molecular flexibility index (Phi) is 4.39. The second kappa shape index (κ2) is 7.50. The number of nitrogens with zero attached hydrogens (tertiary/aromatic N) is 2. The van der Waals surface area contributed by atoms with Gasteiger partial charge in [-0.2, -0.15) is 0 Å². The third-order valence-electron chi connectivity index (χ3n) is 6.69. The van der Waals surface area contributed by atoms with Gasteiger partial charge in [-0.15, -0.1) is 0 Å². The van der Waals surface area contributed by atoms with Crippen LogP contribution in [0.5, 0.6) is 0 Å². The maximum atomic E-state index is 12.8. The molecule has 5 heteroatoms. The molecule has 2 heterocycles. The van der Waals surface area contributed by atoms with E-state index in [1.54, 1.807) is 30.3 Å². The van der Waals surface area contributed by atoms with Crippen LogP contribution in [0.25, 0.3) is 0 Å². The predicted octanol–water partition coefficient (Wildman–Crippen LogP) is 4.11. The molecule has 0 saturated carbocycles. The van der Waals surface area contributed by atoms with E-state index in [1.807, 2.05) is 12.3 Å². The summed E-state index contributed by atoms with van der Waals surface area (Å²) in [7, 11) is 0. The summed E-state index contributed by atoms with van der Waals surface area (Å²) >= 11 is -0.461.